The smallest absolute Gasteiger partial charge is 1.00 e. The Morgan fingerprint density at radius 2 is 2.29 bits per heavy atom. The molecule has 126 valence electrons. The van der Waals surface area contributed by atoms with E-state index in [4.69, 9.17) is 15.0 Å². The Morgan fingerprint density at radius 1 is 1.54 bits per heavy atom. The standard InChI is InChI=1S/C10H12N5O7P.Na.H/c11-10-13-7-4(8(17)14-10)12-2-15(7)9-5(16)6-3(21-9)1-20-23(18,19)22-6;;/h2-3,5-6,9,16H,1H2,(H,18,19)(H3,11,13,14,17);;/q;+1;-1/t3-,5-,6-,9-;;/m1../s1. The fourth-order valence-electron chi connectivity index (χ4n) is 2.69. The number of ether oxygens (including phenoxy) is 1. The molecule has 2 aliphatic heterocycles. The fraction of sp³-hybridized carbons (Fsp3) is 0.500. The summed E-state index contributed by atoms with van der Waals surface area (Å²) < 4.78 is 27.9. The zero-order valence-corrected chi connectivity index (χ0v) is 15.3. The largest absolute Gasteiger partial charge is 1.00 e. The van der Waals surface area contributed by atoms with Crippen LogP contribution in [0.5, 0.6) is 0 Å². The van der Waals surface area contributed by atoms with Crippen LogP contribution in [-0.4, -0.2) is 54.4 Å². The number of imidazole rings is 1. The van der Waals surface area contributed by atoms with E-state index in [1.807, 2.05) is 0 Å². The molecule has 2 aromatic rings. The predicted molar refractivity (Wildman–Crippen MR) is 74.2 cm³/mol. The van der Waals surface area contributed by atoms with Gasteiger partial charge in [0.1, 0.15) is 18.3 Å². The molecule has 2 saturated heterocycles. The van der Waals surface area contributed by atoms with Crippen LogP contribution in [0.2, 0.25) is 0 Å². The van der Waals surface area contributed by atoms with Crippen molar-refractivity contribution in [1.82, 2.24) is 19.5 Å². The van der Waals surface area contributed by atoms with Gasteiger partial charge < -0.3 is 21.9 Å². The van der Waals surface area contributed by atoms with Crippen LogP contribution in [0.3, 0.4) is 0 Å². The maximum atomic E-state index is 11.8. The van der Waals surface area contributed by atoms with Gasteiger partial charge in [-0.05, 0) is 0 Å². The first-order valence-corrected chi connectivity index (χ1v) is 8.07. The number of anilines is 1. The van der Waals surface area contributed by atoms with E-state index < -0.39 is 37.9 Å². The number of aromatic nitrogens is 4. The number of fused-ring (bicyclic) bond motifs is 2. The van der Waals surface area contributed by atoms with Crippen molar-refractivity contribution in [3.05, 3.63) is 16.7 Å². The van der Waals surface area contributed by atoms with Gasteiger partial charge in [0.05, 0.1) is 12.9 Å². The molecule has 0 radical (unpaired) electrons. The average molecular weight is 369 g/mol. The summed E-state index contributed by atoms with van der Waals surface area (Å²) in [4.78, 5) is 31.3. The van der Waals surface area contributed by atoms with E-state index in [0.717, 1.165) is 0 Å². The van der Waals surface area contributed by atoms with Crippen LogP contribution >= 0.6 is 7.82 Å². The van der Waals surface area contributed by atoms with Crippen molar-refractivity contribution in [3.8, 4) is 0 Å². The molecule has 5 N–H and O–H groups in total. The maximum Gasteiger partial charge on any atom is 1.00 e. The molecule has 12 nitrogen and oxygen atoms in total. The van der Waals surface area contributed by atoms with Crippen molar-refractivity contribution in [2.75, 3.05) is 12.3 Å². The molecule has 0 spiro atoms. The molecular weight excluding hydrogens is 356 g/mol. The number of nitrogen functional groups attached to an aromatic ring is 1. The van der Waals surface area contributed by atoms with E-state index in [0.29, 0.717) is 0 Å². The summed E-state index contributed by atoms with van der Waals surface area (Å²) in [6.45, 7) is -0.214. The molecule has 4 rings (SSSR count). The van der Waals surface area contributed by atoms with Crippen LogP contribution in [0.15, 0.2) is 11.1 Å². The molecule has 2 aliphatic rings. The monoisotopic (exact) mass is 369 g/mol. The molecule has 2 fully saturated rings. The number of aliphatic hydroxyl groups excluding tert-OH is 1. The molecular formula is C10H13N5NaO7P. The van der Waals surface area contributed by atoms with Crippen LogP contribution in [-0.2, 0) is 18.3 Å². The minimum atomic E-state index is -4.22. The molecule has 14 heteroatoms. The van der Waals surface area contributed by atoms with Crippen LogP contribution in [0.1, 0.15) is 7.65 Å². The summed E-state index contributed by atoms with van der Waals surface area (Å²) in [5, 5.41) is 10.4. The van der Waals surface area contributed by atoms with Crippen molar-refractivity contribution in [2.45, 2.75) is 24.5 Å². The number of hydrogen-bond donors (Lipinski definition) is 4. The zero-order chi connectivity index (χ0) is 16.4. The van der Waals surface area contributed by atoms with Crippen LogP contribution in [0.4, 0.5) is 5.95 Å². The predicted octanol–water partition coefficient (Wildman–Crippen LogP) is -4.41. The Kier molecular flexibility index (Phi) is 4.62. The summed E-state index contributed by atoms with van der Waals surface area (Å²) in [7, 11) is -4.22. The number of phosphoric ester groups is 1. The molecule has 2 aromatic heterocycles. The summed E-state index contributed by atoms with van der Waals surface area (Å²) >= 11 is 0. The number of aliphatic hydroxyl groups is 1. The summed E-state index contributed by atoms with van der Waals surface area (Å²) in [6.07, 6.45) is -2.85. The average Bonchev–Trinajstić information content (AvgIpc) is 3.00. The molecule has 1 unspecified atom stereocenters. The quantitative estimate of drug-likeness (QED) is 0.284. The number of nitrogens with zero attached hydrogens (tertiary/aromatic N) is 3. The van der Waals surface area contributed by atoms with Crippen LogP contribution < -0.4 is 40.9 Å². The number of H-pyrrole nitrogens is 1. The van der Waals surface area contributed by atoms with Gasteiger partial charge in [0.15, 0.2) is 17.4 Å². The first-order chi connectivity index (χ1) is 10.9. The third-order valence-electron chi connectivity index (χ3n) is 3.69. The molecule has 0 amide bonds. The topological polar surface area (TPSA) is 175 Å². The first kappa shape index (κ1) is 18.0. The van der Waals surface area contributed by atoms with E-state index in [-0.39, 0.29) is 54.7 Å². The second kappa shape index (κ2) is 6.16. The Labute approximate surface area is 157 Å². The molecule has 24 heavy (non-hydrogen) atoms. The van der Waals surface area contributed by atoms with E-state index >= 15 is 0 Å². The van der Waals surface area contributed by atoms with Gasteiger partial charge in [-0.15, -0.1) is 0 Å². The van der Waals surface area contributed by atoms with Gasteiger partial charge in [-0.2, -0.15) is 4.98 Å². The summed E-state index contributed by atoms with van der Waals surface area (Å²) in [5.74, 6) is -0.117. The third kappa shape index (κ3) is 2.83. The number of hydrogen-bond acceptors (Lipinski definition) is 9. The van der Waals surface area contributed by atoms with Gasteiger partial charge >= 0.3 is 37.4 Å². The number of aromatic amines is 1. The molecule has 0 saturated carbocycles. The van der Waals surface area contributed by atoms with Gasteiger partial charge in [0.25, 0.3) is 5.56 Å². The third-order valence-corrected chi connectivity index (χ3v) is 4.68. The van der Waals surface area contributed by atoms with Gasteiger partial charge in [-0.25, -0.2) is 9.55 Å². The van der Waals surface area contributed by atoms with Crippen LogP contribution in [0, 0.1) is 0 Å². The second-order valence-electron chi connectivity index (χ2n) is 5.17. The van der Waals surface area contributed by atoms with Crippen LogP contribution in [0.25, 0.3) is 11.2 Å². The molecule has 4 heterocycles. The maximum absolute atomic E-state index is 11.8. The van der Waals surface area contributed by atoms with Crippen molar-refractivity contribution in [2.24, 2.45) is 0 Å². The molecule has 5 atom stereocenters. The Morgan fingerprint density at radius 3 is 3.04 bits per heavy atom. The Bertz CT molecular complexity index is 892. The Hall–Kier alpha value is -0.820. The number of nitrogens with one attached hydrogen (secondary N) is 1. The number of nitrogens with two attached hydrogens (primary N) is 1. The van der Waals surface area contributed by atoms with E-state index in [1.165, 1.54) is 10.9 Å². The van der Waals surface area contributed by atoms with Gasteiger partial charge in [0, 0.05) is 0 Å². The van der Waals surface area contributed by atoms with Gasteiger partial charge in [0.2, 0.25) is 5.95 Å². The second-order valence-corrected chi connectivity index (χ2v) is 6.57. The first-order valence-electron chi connectivity index (χ1n) is 6.57. The molecule has 0 aromatic carbocycles. The number of phosphoric acid groups is 1. The minimum Gasteiger partial charge on any atom is -1.00 e. The Balaban J connectivity index is 0.00000113. The normalized spacial score (nSPS) is 35.6. The van der Waals surface area contributed by atoms with Crippen molar-refractivity contribution >= 4 is 24.9 Å². The van der Waals surface area contributed by atoms with E-state index in [9.17, 15) is 19.4 Å². The number of rotatable bonds is 1. The molecule has 0 aliphatic carbocycles. The zero-order valence-electron chi connectivity index (χ0n) is 13.4. The minimum absolute atomic E-state index is 0. The van der Waals surface area contributed by atoms with Crippen molar-refractivity contribution < 1.29 is 59.3 Å². The fourth-order valence-corrected chi connectivity index (χ4v) is 3.66. The summed E-state index contributed by atoms with van der Waals surface area (Å²) in [6, 6.07) is 0. The van der Waals surface area contributed by atoms with Crippen molar-refractivity contribution in [1.29, 1.82) is 0 Å². The van der Waals surface area contributed by atoms with Gasteiger partial charge in [-0.1, -0.05) is 0 Å². The van der Waals surface area contributed by atoms with Gasteiger partial charge in [-0.3, -0.25) is 23.4 Å². The van der Waals surface area contributed by atoms with Crippen molar-refractivity contribution in [3.63, 3.8) is 0 Å². The van der Waals surface area contributed by atoms with E-state index in [1.54, 1.807) is 0 Å². The SMILES string of the molecule is Nc1nc2c(ncn2[C@@H]2O[C@@H]3COP(=O)(O)O[C@H]3[C@H]2O)c(=O)[nH]1.[H-].[Na+]. The van der Waals surface area contributed by atoms with E-state index in [2.05, 4.69) is 19.5 Å². The molecule has 0 bridgehead atoms. The summed E-state index contributed by atoms with van der Waals surface area (Å²) in [5.41, 5.74) is 5.12.